The van der Waals surface area contributed by atoms with E-state index in [1.165, 1.54) is 0 Å². The third-order valence-corrected chi connectivity index (χ3v) is 9.18. The van der Waals surface area contributed by atoms with Gasteiger partial charge in [-0.25, -0.2) is 4.57 Å². The largest absolute Gasteiger partial charge is 0.472 e. The summed E-state index contributed by atoms with van der Waals surface area (Å²) in [5.74, 6) is -0.589. The summed E-state index contributed by atoms with van der Waals surface area (Å²) in [6.45, 7) is 3.22. The van der Waals surface area contributed by atoms with E-state index in [0.29, 0.717) is 12.8 Å². The first-order valence-corrected chi connectivity index (χ1v) is 22.9. The van der Waals surface area contributed by atoms with Crippen LogP contribution in [0, 0.1) is 0 Å². The number of allylic oxidation sites excluding steroid dienone is 18. The number of aliphatic hydroxyl groups is 1. The van der Waals surface area contributed by atoms with Crippen LogP contribution in [0.2, 0.25) is 0 Å². The molecular formula is C47H76NO8P. The molecule has 9 nitrogen and oxygen atoms in total. The number of rotatable bonds is 38. The first-order chi connectivity index (χ1) is 27.8. The summed E-state index contributed by atoms with van der Waals surface area (Å²) < 4.78 is 26.8. The minimum Gasteiger partial charge on any atom is -0.463 e. The molecule has 3 N–H and O–H groups in total. The number of ether oxygens (including phenoxy) is 1. The average molecular weight is 814 g/mol. The third-order valence-electron chi connectivity index (χ3n) is 8.20. The summed E-state index contributed by atoms with van der Waals surface area (Å²) >= 11 is 0. The SMILES string of the molecule is CC/C=C\C/C=C\C/C=C\C/C=C\C/C=C\CCCCCCCC(=O)NCCOP(=O)(O)OCC(O)COC(=O)CCCC/C=C\C/C=C\C/C=C\C/C=C\CC. The minimum absolute atomic E-state index is 0.0580. The molecule has 10 heteroatoms. The van der Waals surface area contributed by atoms with E-state index >= 15 is 0 Å². The number of hydrogen-bond donors (Lipinski definition) is 3. The van der Waals surface area contributed by atoms with Crippen LogP contribution in [-0.2, 0) is 27.9 Å². The highest BCUT2D eigenvalue weighted by molar-refractivity contribution is 7.47. The van der Waals surface area contributed by atoms with Crippen LogP contribution in [0.3, 0.4) is 0 Å². The minimum atomic E-state index is -4.44. The first-order valence-electron chi connectivity index (χ1n) is 21.4. The molecule has 0 aromatic carbocycles. The van der Waals surface area contributed by atoms with Gasteiger partial charge in [0.15, 0.2) is 0 Å². The molecule has 0 radical (unpaired) electrons. The van der Waals surface area contributed by atoms with E-state index in [4.69, 9.17) is 13.8 Å². The van der Waals surface area contributed by atoms with Gasteiger partial charge < -0.3 is 20.1 Å². The van der Waals surface area contributed by atoms with Crippen LogP contribution < -0.4 is 5.32 Å². The molecule has 2 unspecified atom stereocenters. The van der Waals surface area contributed by atoms with Gasteiger partial charge in [0.05, 0.1) is 13.2 Å². The van der Waals surface area contributed by atoms with Gasteiger partial charge in [-0.05, 0) is 96.3 Å². The Kier molecular flexibility index (Phi) is 39.8. The highest BCUT2D eigenvalue weighted by Crippen LogP contribution is 2.42. The lowest BCUT2D eigenvalue weighted by molar-refractivity contribution is -0.147. The number of esters is 1. The van der Waals surface area contributed by atoms with Crippen molar-refractivity contribution in [3.63, 3.8) is 0 Å². The molecule has 2 atom stereocenters. The van der Waals surface area contributed by atoms with Crippen LogP contribution in [0.1, 0.15) is 142 Å². The molecule has 0 aliphatic carbocycles. The highest BCUT2D eigenvalue weighted by atomic mass is 31.2. The van der Waals surface area contributed by atoms with Crippen LogP contribution >= 0.6 is 7.82 Å². The predicted octanol–water partition coefficient (Wildman–Crippen LogP) is 12.0. The van der Waals surface area contributed by atoms with E-state index in [9.17, 15) is 24.2 Å². The number of amides is 1. The number of nitrogens with one attached hydrogen (secondary N) is 1. The molecule has 0 fully saturated rings. The van der Waals surface area contributed by atoms with Crippen molar-refractivity contribution in [2.24, 2.45) is 0 Å². The molecule has 0 saturated heterocycles. The molecule has 0 aromatic heterocycles. The lowest BCUT2D eigenvalue weighted by Crippen LogP contribution is -2.27. The van der Waals surface area contributed by atoms with Crippen molar-refractivity contribution in [2.75, 3.05) is 26.4 Å². The number of phosphoric acid groups is 1. The Labute approximate surface area is 346 Å². The Bertz CT molecular complexity index is 1290. The fraction of sp³-hybridized carbons (Fsp3) is 0.574. The highest BCUT2D eigenvalue weighted by Gasteiger charge is 2.23. The predicted molar refractivity (Wildman–Crippen MR) is 238 cm³/mol. The van der Waals surface area contributed by atoms with Crippen molar-refractivity contribution in [1.82, 2.24) is 5.32 Å². The van der Waals surface area contributed by atoms with E-state index in [0.717, 1.165) is 109 Å². The maximum absolute atomic E-state index is 12.1. The summed E-state index contributed by atoms with van der Waals surface area (Å²) in [4.78, 5) is 33.9. The normalized spacial score (nSPS) is 14.4. The number of carbonyl (C=O) groups is 2. The number of phosphoric ester groups is 1. The Hall–Kier alpha value is -3.33. The maximum atomic E-state index is 12.1. The summed E-state index contributed by atoms with van der Waals surface area (Å²) in [7, 11) is -4.44. The van der Waals surface area contributed by atoms with Crippen molar-refractivity contribution >= 4 is 19.7 Å². The number of carbonyl (C=O) groups excluding carboxylic acids is 2. The molecule has 57 heavy (non-hydrogen) atoms. The first kappa shape index (κ1) is 53.7. The van der Waals surface area contributed by atoms with Crippen molar-refractivity contribution < 1.29 is 37.9 Å². The molecule has 0 saturated carbocycles. The summed E-state index contributed by atoms with van der Waals surface area (Å²) in [6.07, 6.45) is 55.9. The van der Waals surface area contributed by atoms with E-state index < -0.39 is 26.5 Å². The second kappa shape index (κ2) is 42.3. The summed E-state index contributed by atoms with van der Waals surface area (Å²) in [5, 5.41) is 12.7. The zero-order valence-corrected chi connectivity index (χ0v) is 36.1. The molecule has 0 rings (SSSR count). The van der Waals surface area contributed by atoms with Gasteiger partial charge in [-0.3, -0.25) is 18.6 Å². The third kappa shape index (κ3) is 43.6. The molecular weight excluding hydrogens is 737 g/mol. The average Bonchev–Trinajstić information content (AvgIpc) is 3.20. The monoisotopic (exact) mass is 814 g/mol. The van der Waals surface area contributed by atoms with Gasteiger partial charge in [-0.1, -0.05) is 142 Å². The Balaban J connectivity index is 3.72. The van der Waals surface area contributed by atoms with Gasteiger partial charge in [-0.2, -0.15) is 0 Å². The quantitative estimate of drug-likeness (QED) is 0.0243. The Morgan fingerprint density at radius 2 is 0.947 bits per heavy atom. The van der Waals surface area contributed by atoms with Gasteiger partial charge in [0.25, 0.3) is 0 Å². The van der Waals surface area contributed by atoms with Gasteiger partial charge in [0.1, 0.15) is 12.7 Å². The Morgan fingerprint density at radius 3 is 1.44 bits per heavy atom. The van der Waals surface area contributed by atoms with E-state index in [1.54, 1.807) is 0 Å². The number of unbranched alkanes of at least 4 members (excludes halogenated alkanes) is 7. The van der Waals surface area contributed by atoms with Crippen molar-refractivity contribution in [3.8, 4) is 0 Å². The van der Waals surface area contributed by atoms with Gasteiger partial charge in [0.2, 0.25) is 5.91 Å². The van der Waals surface area contributed by atoms with Crippen molar-refractivity contribution in [1.29, 1.82) is 0 Å². The fourth-order valence-electron chi connectivity index (χ4n) is 5.04. The van der Waals surface area contributed by atoms with Crippen LogP contribution in [0.25, 0.3) is 0 Å². The molecule has 0 aliphatic heterocycles. The number of aliphatic hydroxyl groups excluding tert-OH is 1. The van der Waals surface area contributed by atoms with Crippen LogP contribution in [0.5, 0.6) is 0 Å². The lowest BCUT2D eigenvalue weighted by Gasteiger charge is -2.15. The summed E-state index contributed by atoms with van der Waals surface area (Å²) in [6, 6.07) is 0. The second-order valence-corrected chi connectivity index (χ2v) is 15.0. The van der Waals surface area contributed by atoms with Crippen molar-refractivity contribution in [2.45, 2.75) is 148 Å². The molecule has 0 bridgehead atoms. The topological polar surface area (TPSA) is 131 Å². The smallest absolute Gasteiger partial charge is 0.463 e. The Morgan fingerprint density at radius 1 is 0.544 bits per heavy atom. The second-order valence-electron chi connectivity index (χ2n) is 13.5. The van der Waals surface area contributed by atoms with Gasteiger partial charge in [-0.15, -0.1) is 0 Å². The summed E-state index contributed by atoms with van der Waals surface area (Å²) in [5.41, 5.74) is 0. The molecule has 0 aromatic rings. The molecule has 0 heterocycles. The van der Waals surface area contributed by atoms with Crippen LogP contribution in [0.4, 0.5) is 0 Å². The number of hydrogen-bond acceptors (Lipinski definition) is 7. The van der Waals surface area contributed by atoms with Crippen LogP contribution in [-0.4, -0.2) is 54.3 Å². The van der Waals surface area contributed by atoms with Gasteiger partial charge in [0, 0.05) is 19.4 Å². The van der Waals surface area contributed by atoms with Crippen molar-refractivity contribution in [3.05, 3.63) is 109 Å². The zero-order valence-electron chi connectivity index (χ0n) is 35.2. The maximum Gasteiger partial charge on any atom is 0.472 e. The van der Waals surface area contributed by atoms with E-state index in [1.807, 2.05) is 0 Å². The fourth-order valence-corrected chi connectivity index (χ4v) is 5.80. The van der Waals surface area contributed by atoms with Crippen LogP contribution in [0.15, 0.2) is 109 Å². The zero-order chi connectivity index (χ0) is 41.8. The molecule has 1 amide bonds. The standard InChI is InChI=1S/C47H76NO8P/c1-3-5-7-9-11-13-15-17-19-20-21-22-23-24-26-27-29-31-33-35-37-39-46(50)48-41-42-55-57(52,53)56-44-45(49)43-54-47(51)40-38-36-34-32-30-28-25-18-16-14-12-10-8-6-4-2/h5-8,11-14,17-19,21-22,24-26,30,32,45,49H,3-4,9-10,15-16,20,23,27-29,31,33-44H2,1-2H3,(H,48,50)(H,52,53)/b7-5-,8-6-,13-11-,14-12-,19-17-,22-21-,25-18-,26-24-,32-30-. The molecule has 0 spiro atoms. The lowest BCUT2D eigenvalue weighted by atomic mass is 10.1. The van der Waals surface area contributed by atoms with Gasteiger partial charge >= 0.3 is 13.8 Å². The van der Waals surface area contributed by atoms with E-state index in [-0.39, 0.29) is 32.1 Å². The molecule has 322 valence electrons. The molecule has 0 aliphatic rings. The van der Waals surface area contributed by atoms with E-state index in [2.05, 4.69) is 129 Å².